The van der Waals surface area contributed by atoms with E-state index in [1.807, 2.05) is 26.8 Å². The minimum Gasteiger partial charge on any atom is -0.352 e. The molecular formula is C13H25ClN4O. The normalized spacial score (nSPS) is 15.2. The topological polar surface area (TPSA) is 83.8 Å². The average Bonchev–Trinajstić information content (AvgIpc) is 2.63. The number of carbonyl (C=O) groups excluding carboxylic acids is 1. The molecule has 0 aliphatic heterocycles. The van der Waals surface area contributed by atoms with Crippen LogP contribution in [0.5, 0.6) is 0 Å². The number of hydrogen-bond donors (Lipinski definition) is 3. The first-order chi connectivity index (χ1) is 8.35. The van der Waals surface area contributed by atoms with E-state index in [-0.39, 0.29) is 24.4 Å². The molecule has 1 aromatic rings. The van der Waals surface area contributed by atoms with Crippen LogP contribution in [0.2, 0.25) is 0 Å². The second-order valence-electron chi connectivity index (χ2n) is 5.29. The van der Waals surface area contributed by atoms with E-state index in [0.717, 1.165) is 17.8 Å². The van der Waals surface area contributed by atoms with E-state index in [1.165, 1.54) is 0 Å². The Kier molecular flexibility index (Phi) is 7.08. The van der Waals surface area contributed by atoms with Gasteiger partial charge in [0.15, 0.2) is 0 Å². The largest absolute Gasteiger partial charge is 0.352 e. The summed E-state index contributed by atoms with van der Waals surface area (Å²) in [6.45, 7) is 7.72. The Labute approximate surface area is 121 Å². The summed E-state index contributed by atoms with van der Waals surface area (Å²) in [5, 5.41) is 9.99. The minimum absolute atomic E-state index is 0. The highest BCUT2D eigenvalue weighted by Crippen LogP contribution is 2.09. The highest BCUT2D eigenvalue weighted by atomic mass is 35.5. The maximum Gasteiger partial charge on any atom is 0.240 e. The Balaban J connectivity index is 0.00000324. The lowest BCUT2D eigenvalue weighted by molar-refractivity contribution is -0.126. The standard InChI is InChI=1S/C13H24N4O.ClH/c1-5-6-13(4,14)12(18)15-9(2)7-11-8-10(3)16-17-11;/h8-9H,5-7,14H2,1-4H3,(H,15,18)(H,16,17);1H. The number of carbonyl (C=O) groups is 1. The summed E-state index contributed by atoms with van der Waals surface area (Å²) in [4.78, 5) is 12.0. The number of H-pyrrole nitrogens is 1. The fourth-order valence-corrected chi connectivity index (χ4v) is 1.97. The van der Waals surface area contributed by atoms with Gasteiger partial charge in [-0.3, -0.25) is 9.89 Å². The van der Waals surface area contributed by atoms with Crippen LogP contribution in [0.3, 0.4) is 0 Å². The molecule has 6 heteroatoms. The van der Waals surface area contributed by atoms with E-state index in [0.29, 0.717) is 12.8 Å². The smallest absolute Gasteiger partial charge is 0.240 e. The van der Waals surface area contributed by atoms with Crippen molar-refractivity contribution in [1.29, 1.82) is 0 Å². The van der Waals surface area contributed by atoms with Crippen LogP contribution in [0.1, 0.15) is 45.0 Å². The molecule has 0 aliphatic carbocycles. The van der Waals surface area contributed by atoms with Gasteiger partial charge in [-0.05, 0) is 33.3 Å². The van der Waals surface area contributed by atoms with Crippen molar-refractivity contribution in [2.75, 3.05) is 0 Å². The maximum atomic E-state index is 12.0. The van der Waals surface area contributed by atoms with Crippen molar-refractivity contribution in [3.05, 3.63) is 17.5 Å². The zero-order chi connectivity index (χ0) is 13.8. The Bertz CT molecular complexity index is 403. The zero-order valence-corrected chi connectivity index (χ0v) is 12.9. The summed E-state index contributed by atoms with van der Waals surface area (Å²) in [7, 11) is 0. The summed E-state index contributed by atoms with van der Waals surface area (Å²) in [5.74, 6) is -0.0934. The van der Waals surface area contributed by atoms with Gasteiger partial charge in [-0.1, -0.05) is 13.3 Å². The van der Waals surface area contributed by atoms with Crippen LogP contribution in [-0.2, 0) is 11.2 Å². The van der Waals surface area contributed by atoms with E-state index in [2.05, 4.69) is 15.5 Å². The summed E-state index contributed by atoms with van der Waals surface area (Å²) in [5.41, 5.74) is 7.17. The van der Waals surface area contributed by atoms with Gasteiger partial charge in [-0.15, -0.1) is 12.4 Å². The van der Waals surface area contributed by atoms with Gasteiger partial charge in [0, 0.05) is 18.2 Å². The van der Waals surface area contributed by atoms with Crippen LogP contribution in [-0.4, -0.2) is 27.7 Å². The molecule has 0 saturated heterocycles. The van der Waals surface area contributed by atoms with Crippen molar-refractivity contribution in [1.82, 2.24) is 15.5 Å². The van der Waals surface area contributed by atoms with E-state index >= 15 is 0 Å². The molecule has 0 saturated carbocycles. The van der Waals surface area contributed by atoms with Crippen LogP contribution in [0.4, 0.5) is 0 Å². The molecule has 0 bridgehead atoms. The number of nitrogens with two attached hydrogens (primary N) is 1. The van der Waals surface area contributed by atoms with Gasteiger partial charge in [0.05, 0.1) is 11.2 Å². The molecule has 110 valence electrons. The molecule has 1 amide bonds. The Morgan fingerprint density at radius 3 is 2.74 bits per heavy atom. The summed E-state index contributed by atoms with van der Waals surface area (Å²) >= 11 is 0. The molecule has 19 heavy (non-hydrogen) atoms. The summed E-state index contributed by atoms with van der Waals surface area (Å²) in [6.07, 6.45) is 2.29. The predicted molar refractivity (Wildman–Crippen MR) is 79.4 cm³/mol. The van der Waals surface area contributed by atoms with Crippen LogP contribution in [0, 0.1) is 6.92 Å². The number of nitrogens with one attached hydrogen (secondary N) is 2. The van der Waals surface area contributed by atoms with Crippen LogP contribution < -0.4 is 11.1 Å². The maximum absolute atomic E-state index is 12.0. The number of amides is 1. The summed E-state index contributed by atoms with van der Waals surface area (Å²) in [6, 6.07) is 2.01. The first kappa shape index (κ1) is 17.9. The van der Waals surface area contributed by atoms with Crippen molar-refractivity contribution in [3.63, 3.8) is 0 Å². The molecule has 1 aromatic heterocycles. The molecule has 0 aromatic carbocycles. The minimum atomic E-state index is -0.787. The third kappa shape index (κ3) is 5.61. The Morgan fingerprint density at radius 1 is 1.63 bits per heavy atom. The quantitative estimate of drug-likeness (QED) is 0.745. The van der Waals surface area contributed by atoms with Crippen molar-refractivity contribution in [2.45, 2.75) is 58.5 Å². The SMILES string of the molecule is CCCC(C)(N)C(=O)NC(C)Cc1cc(C)[nH]n1.Cl. The first-order valence-electron chi connectivity index (χ1n) is 6.46. The van der Waals surface area contributed by atoms with Gasteiger partial charge in [0.1, 0.15) is 0 Å². The van der Waals surface area contributed by atoms with Gasteiger partial charge >= 0.3 is 0 Å². The molecule has 0 fully saturated rings. The van der Waals surface area contributed by atoms with Gasteiger partial charge in [0.25, 0.3) is 0 Å². The van der Waals surface area contributed by atoms with Gasteiger partial charge in [-0.2, -0.15) is 5.10 Å². The fourth-order valence-electron chi connectivity index (χ4n) is 1.97. The molecule has 2 unspecified atom stereocenters. The number of hydrogen-bond acceptors (Lipinski definition) is 3. The Hall–Kier alpha value is -1.07. The lowest BCUT2D eigenvalue weighted by atomic mass is 9.96. The van der Waals surface area contributed by atoms with Crippen molar-refractivity contribution < 1.29 is 4.79 Å². The molecule has 5 nitrogen and oxygen atoms in total. The first-order valence-corrected chi connectivity index (χ1v) is 6.46. The molecular weight excluding hydrogens is 264 g/mol. The fraction of sp³-hybridized carbons (Fsp3) is 0.692. The second kappa shape index (κ2) is 7.50. The molecule has 2 atom stereocenters. The highest BCUT2D eigenvalue weighted by Gasteiger charge is 2.28. The van der Waals surface area contributed by atoms with Gasteiger partial charge in [0.2, 0.25) is 5.91 Å². The number of aryl methyl sites for hydroxylation is 1. The summed E-state index contributed by atoms with van der Waals surface area (Å²) < 4.78 is 0. The predicted octanol–water partition coefficient (Wildman–Crippen LogP) is 1.70. The third-order valence-electron chi connectivity index (χ3n) is 2.94. The molecule has 0 spiro atoms. The Morgan fingerprint density at radius 2 is 2.26 bits per heavy atom. The van der Waals surface area contributed by atoms with Gasteiger partial charge < -0.3 is 11.1 Å². The molecule has 0 radical (unpaired) electrons. The van der Waals surface area contributed by atoms with Crippen LogP contribution in [0.15, 0.2) is 6.07 Å². The molecule has 1 heterocycles. The second-order valence-corrected chi connectivity index (χ2v) is 5.29. The average molecular weight is 289 g/mol. The van der Waals surface area contributed by atoms with Crippen molar-refractivity contribution >= 4 is 18.3 Å². The molecule has 4 N–H and O–H groups in total. The van der Waals surface area contributed by atoms with Gasteiger partial charge in [-0.25, -0.2) is 0 Å². The number of aromatic nitrogens is 2. The lowest BCUT2D eigenvalue weighted by Crippen LogP contribution is -2.53. The number of nitrogens with zero attached hydrogens (tertiary/aromatic N) is 1. The molecule has 1 rings (SSSR count). The van der Waals surface area contributed by atoms with E-state index < -0.39 is 5.54 Å². The van der Waals surface area contributed by atoms with Crippen LogP contribution in [0.25, 0.3) is 0 Å². The van der Waals surface area contributed by atoms with Crippen molar-refractivity contribution in [2.24, 2.45) is 5.73 Å². The van der Waals surface area contributed by atoms with E-state index in [9.17, 15) is 4.79 Å². The van der Waals surface area contributed by atoms with E-state index in [1.54, 1.807) is 6.92 Å². The monoisotopic (exact) mass is 288 g/mol. The zero-order valence-electron chi connectivity index (χ0n) is 12.1. The number of rotatable bonds is 6. The highest BCUT2D eigenvalue weighted by molar-refractivity contribution is 5.86. The van der Waals surface area contributed by atoms with Crippen molar-refractivity contribution in [3.8, 4) is 0 Å². The number of aromatic amines is 1. The lowest BCUT2D eigenvalue weighted by Gasteiger charge is -2.25. The van der Waals surface area contributed by atoms with E-state index in [4.69, 9.17) is 5.73 Å². The third-order valence-corrected chi connectivity index (χ3v) is 2.94. The molecule has 0 aliphatic rings. The van der Waals surface area contributed by atoms with Crippen LogP contribution >= 0.6 is 12.4 Å². The number of halogens is 1.